The molecule has 0 saturated carbocycles. The molecule has 21 heavy (non-hydrogen) atoms. The van der Waals surface area contributed by atoms with Crippen molar-refractivity contribution in [1.29, 1.82) is 0 Å². The van der Waals surface area contributed by atoms with Crippen LogP contribution in [0.25, 0.3) is 11.0 Å². The number of halogens is 1. The number of imidazole rings is 1. The van der Waals surface area contributed by atoms with Crippen molar-refractivity contribution in [1.82, 2.24) is 9.55 Å². The molecule has 3 heterocycles. The maximum absolute atomic E-state index is 4.96. The molecular weight excluding hydrogens is 302 g/mol. The van der Waals surface area contributed by atoms with Crippen molar-refractivity contribution >= 4 is 41.2 Å². The molecule has 2 fully saturated rings. The summed E-state index contributed by atoms with van der Waals surface area (Å²) in [6.07, 6.45) is 5.36. The van der Waals surface area contributed by atoms with Gasteiger partial charge in [0.1, 0.15) is 0 Å². The standard InChI is InChI=1S/C16H21N3S.ClH/c1-2-6-10-18(9-5-1)16-17-14-7-3-4-8-15(14)19(16)13-11-20-12-13;/h3-4,7-8,13H,1-2,5-6,9-12H2;1H. The van der Waals surface area contributed by atoms with Crippen molar-refractivity contribution < 1.29 is 0 Å². The zero-order valence-corrected chi connectivity index (χ0v) is 13.8. The molecule has 5 heteroatoms. The van der Waals surface area contributed by atoms with Crippen molar-refractivity contribution in [3.8, 4) is 0 Å². The zero-order chi connectivity index (χ0) is 13.4. The lowest BCUT2D eigenvalue weighted by atomic mass is 10.2. The van der Waals surface area contributed by atoms with Crippen LogP contribution in [0.1, 0.15) is 31.7 Å². The van der Waals surface area contributed by atoms with Gasteiger partial charge in [-0.1, -0.05) is 25.0 Å². The second kappa shape index (κ2) is 6.49. The van der Waals surface area contributed by atoms with Gasteiger partial charge in [0.15, 0.2) is 0 Å². The molecule has 0 bridgehead atoms. The molecule has 0 atom stereocenters. The Hall–Kier alpha value is -0.870. The number of hydrogen-bond donors (Lipinski definition) is 0. The van der Waals surface area contributed by atoms with Crippen molar-refractivity contribution in [3.63, 3.8) is 0 Å². The maximum atomic E-state index is 4.96. The van der Waals surface area contributed by atoms with Crippen LogP contribution in [0.5, 0.6) is 0 Å². The van der Waals surface area contributed by atoms with Crippen molar-refractivity contribution in [2.45, 2.75) is 31.7 Å². The Kier molecular flexibility index (Phi) is 4.65. The van der Waals surface area contributed by atoms with Gasteiger partial charge in [-0.2, -0.15) is 11.8 Å². The van der Waals surface area contributed by atoms with E-state index >= 15 is 0 Å². The third-order valence-corrected chi connectivity index (χ3v) is 5.69. The van der Waals surface area contributed by atoms with Crippen LogP contribution in [0.3, 0.4) is 0 Å². The Balaban J connectivity index is 0.00000132. The smallest absolute Gasteiger partial charge is 0.206 e. The molecule has 4 rings (SSSR count). The summed E-state index contributed by atoms with van der Waals surface area (Å²) >= 11 is 2.04. The molecule has 0 unspecified atom stereocenters. The predicted molar refractivity (Wildman–Crippen MR) is 94.0 cm³/mol. The summed E-state index contributed by atoms with van der Waals surface area (Å²) < 4.78 is 2.51. The molecule has 2 aliphatic rings. The average Bonchev–Trinajstić information content (AvgIpc) is 2.62. The third-order valence-electron chi connectivity index (χ3n) is 4.45. The van der Waals surface area contributed by atoms with Gasteiger partial charge < -0.3 is 9.47 Å². The molecule has 2 aliphatic heterocycles. The highest BCUT2D eigenvalue weighted by atomic mass is 35.5. The van der Waals surface area contributed by atoms with Gasteiger partial charge in [0.05, 0.1) is 17.1 Å². The summed E-state index contributed by atoms with van der Waals surface area (Å²) in [5, 5.41) is 0. The molecule has 3 nitrogen and oxygen atoms in total. The van der Waals surface area contributed by atoms with Crippen LogP contribution in [0.4, 0.5) is 5.95 Å². The molecule has 2 aromatic rings. The molecule has 1 aromatic carbocycles. The van der Waals surface area contributed by atoms with E-state index in [2.05, 4.69) is 33.7 Å². The first-order valence-electron chi connectivity index (χ1n) is 7.73. The Labute approximate surface area is 136 Å². The fourth-order valence-corrected chi connectivity index (χ4v) is 4.00. The Morgan fingerprint density at radius 3 is 2.38 bits per heavy atom. The summed E-state index contributed by atoms with van der Waals surface area (Å²) in [6.45, 7) is 2.34. The molecular formula is C16H22ClN3S. The number of rotatable bonds is 2. The molecule has 0 aliphatic carbocycles. The van der Waals surface area contributed by atoms with Gasteiger partial charge in [0.2, 0.25) is 5.95 Å². The second-order valence-electron chi connectivity index (χ2n) is 5.86. The van der Waals surface area contributed by atoms with Gasteiger partial charge in [0.25, 0.3) is 0 Å². The lowest BCUT2D eigenvalue weighted by Crippen LogP contribution is -2.31. The maximum Gasteiger partial charge on any atom is 0.206 e. The lowest BCUT2D eigenvalue weighted by molar-refractivity contribution is 0.592. The minimum atomic E-state index is 0. The number of fused-ring (bicyclic) bond motifs is 1. The van der Waals surface area contributed by atoms with Crippen LogP contribution in [-0.4, -0.2) is 34.1 Å². The van der Waals surface area contributed by atoms with E-state index in [1.54, 1.807) is 0 Å². The summed E-state index contributed by atoms with van der Waals surface area (Å²) in [7, 11) is 0. The first-order valence-corrected chi connectivity index (χ1v) is 8.88. The Morgan fingerprint density at radius 1 is 1.00 bits per heavy atom. The van der Waals surface area contributed by atoms with E-state index in [1.165, 1.54) is 61.7 Å². The number of hydrogen-bond acceptors (Lipinski definition) is 3. The van der Waals surface area contributed by atoms with Crippen molar-refractivity contribution in [3.05, 3.63) is 24.3 Å². The second-order valence-corrected chi connectivity index (χ2v) is 6.94. The summed E-state index contributed by atoms with van der Waals surface area (Å²) in [4.78, 5) is 7.48. The minimum Gasteiger partial charge on any atom is -0.342 e. The van der Waals surface area contributed by atoms with Crippen LogP contribution in [-0.2, 0) is 0 Å². The monoisotopic (exact) mass is 323 g/mol. The fourth-order valence-electron chi connectivity index (χ4n) is 3.26. The highest BCUT2D eigenvalue weighted by Crippen LogP contribution is 2.36. The van der Waals surface area contributed by atoms with E-state index in [9.17, 15) is 0 Å². The quantitative estimate of drug-likeness (QED) is 0.829. The van der Waals surface area contributed by atoms with Crippen LogP contribution >= 0.6 is 24.2 Å². The SMILES string of the molecule is Cl.c1ccc2c(c1)nc(N1CCCCCC1)n2C1CSC1. The van der Waals surface area contributed by atoms with E-state index in [0.717, 1.165) is 5.52 Å². The summed E-state index contributed by atoms with van der Waals surface area (Å²) in [5.74, 6) is 3.70. The molecule has 0 N–H and O–H groups in total. The van der Waals surface area contributed by atoms with E-state index < -0.39 is 0 Å². The van der Waals surface area contributed by atoms with Crippen LogP contribution in [0, 0.1) is 0 Å². The lowest BCUT2D eigenvalue weighted by Gasteiger charge is -2.31. The third kappa shape index (κ3) is 2.76. The van der Waals surface area contributed by atoms with Gasteiger partial charge in [-0.05, 0) is 25.0 Å². The van der Waals surface area contributed by atoms with Gasteiger partial charge in [-0.15, -0.1) is 12.4 Å². The van der Waals surface area contributed by atoms with Gasteiger partial charge in [-0.3, -0.25) is 0 Å². The molecule has 0 radical (unpaired) electrons. The average molecular weight is 324 g/mol. The van der Waals surface area contributed by atoms with Gasteiger partial charge >= 0.3 is 0 Å². The number of para-hydroxylation sites is 2. The van der Waals surface area contributed by atoms with Gasteiger partial charge in [-0.25, -0.2) is 4.98 Å². The van der Waals surface area contributed by atoms with Crippen molar-refractivity contribution in [2.24, 2.45) is 0 Å². The number of benzene rings is 1. The first-order chi connectivity index (χ1) is 9.93. The van der Waals surface area contributed by atoms with Crippen LogP contribution < -0.4 is 4.90 Å². The Morgan fingerprint density at radius 2 is 1.71 bits per heavy atom. The summed E-state index contributed by atoms with van der Waals surface area (Å²) in [6, 6.07) is 9.26. The fraction of sp³-hybridized carbons (Fsp3) is 0.562. The highest BCUT2D eigenvalue weighted by molar-refractivity contribution is 8.00. The van der Waals surface area contributed by atoms with Crippen molar-refractivity contribution in [2.75, 3.05) is 29.5 Å². The molecule has 1 aromatic heterocycles. The number of aromatic nitrogens is 2. The predicted octanol–water partition coefficient (Wildman–Crippen LogP) is 4.13. The van der Waals surface area contributed by atoms with Crippen LogP contribution in [0.15, 0.2) is 24.3 Å². The summed E-state index contributed by atoms with van der Waals surface area (Å²) in [5.41, 5.74) is 2.47. The molecule has 0 spiro atoms. The zero-order valence-electron chi connectivity index (χ0n) is 12.2. The van der Waals surface area contributed by atoms with E-state index in [0.29, 0.717) is 6.04 Å². The highest BCUT2D eigenvalue weighted by Gasteiger charge is 2.27. The van der Waals surface area contributed by atoms with E-state index in [4.69, 9.17) is 4.98 Å². The molecule has 2 saturated heterocycles. The number of thioether (sulfide) groups is 1. The van der Waals surface area contributed by atoms with E-state index in [-0.39, 0.29) is 12.4 Å². The molecule has 114 valence electrons. The largest absolute Gasteiger partial charge is 0.342 e. The molecule has 0 amide bonds. The van der Waals surface area contributed by atoms with Gasteiger partial charge in [0, 0.05) is 24.6 Å². The Bertz CT molecular complexity index is 601. The topological polar surface area (TPSA) is 21.1 Å². The normalized spacial score (nSPS) is 19.9. The van der Waals surface area contributed by atoms with E-state index in [1.807, 2.05) is 11.8 Å². The first kappa shape index (κ1) is 15.0. The minimum absolute atomic E-state index is 0. The number of anilines is 1. The van der Waals surface area contributed by atoms with Crippen LogP contribution in [0.2, 0.25) is 0 Å². The number of nitrogens with zero attached hydrogens (tertiary/aromatic N) is 3.